The lowest BCUT2D eigenvalue weighted by Gasteiger charge is -2.07. The van der Waals surface area contributed by atoms with Gasteiger partial charge in [-0.15, -0.1) is 0 Å². The summed E-state index contributed by atoms with van der Waals surface area (Å²) in [5.74, 6) is -0.195. The van der Waals surface area contributed by atoms with Gasteiger partial charge in [0.1, 0.15) is 0 Å². The summed E-state index contributed by atoms with van der Waals surface area (Å²) in [6.45, 7) is 0.496. The molecule has 0 heterocycles. The molecule has 0 bridgehead atoms. The van der Waals surface area contributed by atoms with Crippen molar-refractivity contribution in [3.05, 3.63) is 35.4 Å². The Morgan fingerprint density at radius 3 is 2.88 bits per heavy atom. The lowest BCUT2D eigenvalue weighted by Crippen LogP contribution is -2.26. The van der Waals surface area contributed by atoms with Crippen LogP contribution in [0.1, 0.15) is 22.3 Å². The molecule has 0 aromatic heterocycles. The number of nitrogens with one attached hydrogen (secondary N) is 1. The van der Waals surface area contributed by atoms with Crippen LogP contribution in [0.15, 0.2) is 24.3 Å². The van der Waals surface area contributed by atoms with Crippen molar-refractivity contribution in [3.63, 3.8) is 0 Å². The van der Waals surface area contributed by atoms with E-state index in [4.69, 9.17) is 10.4 Å². The number of rotatable bonds is 5. The largest absolute Gasteiger partial charge is 0.396 e. The van der Waals surface area contributed by atoms with Crippen LogP contribution in [-0.4, -0.2) is 24.2 Å². The van der Waals surface area contributed by atoms with Crippen LogP contribution in [0.3, 0.4) is 0 Å². The Bertz CT molecular complexity index is 396. The Hall–Kier alpha value is -1.86. The third kappa shape index (κ3) is 3.37. The summed E-state index contributed by atoms with van der Waals surface area (Å²) in [6, 6.07) is 9.06. The number of benzene rings is 1. The second-order valence-electron chi connectivity index (χ2n) is 3.33. The third-order valence-electron chi connectivity index (χ3n) is 2.15. The molecule has 1 aromatic carbocycles. The van der Waals surface area contributed by atoms with Crippen molar-refractivity contribution in [2.24, 2.45) is 0 Å². The molecule has 4 nitrogen and oxygen atoms in total. The van der Waals surface area contributed by atoms with Crippen LogP contribution in [-0.2, 0) is 6.42 Å². The molecule has 0 fully saturated rings. The van der Waals surface area contributed by atoms with Crippen molar-refractivity contribution in [1.29, 1.82) is 5.26 Å². The lowest BCUT2D eigenvalue weighted by atomic mass is 10.0. The van der Waals surface area contributed by atoms with Crippen molar-refractivity contribution in [1.82, 2.24) is 5.32 Å². The van der Waals surface area contributed by atoms with Crippen LogP contribution >= 0.6 is 0 Å². The van der Waals surface area contributed by atoms with Gasteiger partial charge in [0.25, 0.3) is 5.91 Å². The average molecular weight is 218 g/mol. The molecule has 0 spiro atoms. The van der Waals surface area contributed by atoms with Crippen molar-refractivity contribution in [3.8, 4) is 6.07 Å². The Kier molecular flexibility index (Phi) is 5.03. The topological polar surface area (TPSA) is 73.1 Å². The summed E-state index contributed by atoms with van der Waals surface area (Å²) in [7, 11) is 0. The second kappa shape index (κ2) is 6.59. The number of aliphatic hydroxyl groups excluding tert-OH is 1. The number of hydrogen-bond acceptors (Lipinski definition) is 3. The molecule has 0 atom stereocenters. The fourth-order valence-electron chi connectivity index (χ4n) is 1.36. The Labute approximate surface area is 94.5 Å². The first-order chi connectivity index (χ1) is 7.79. The number of hydrogen-bond donors (Lipinski definition) is 2. The lowest BCUT2D eigenvalue weighted by molar-refractivity contribution is 0.0950. The minimum atomic E-state index is -0.195. The minimum absolute atomic E-state index is 0.0557. The number of nitrogens with zero attached hydrogens (tertiary/aromatic N) is 1. The standard InChI is InChI=1S/C12H14N2O2/c13-7-6-10-4-1-2-5-11(10)12(16)14-8-3-9-15/h1-2,4-5,15H,3,6,8-9H2,(H,14,16). The van der Waals surface area contributed by atoms with Crippen LogP contribution in [0.25, 0.3) is 0 Å². The highest BCUT2D eigenvalue weighted by Gasteiger charge is 2.09. The monoisotopic (exact) mass is 218 g/mol. The van der Waals surface area contributed by atoms with E-state index in [1.165, 1.54) is 0 Å². The molecule has 0 saturated carbocycles. The molecule has 0 aliphatic heterocycles. The smallest absolute Gasteiger partial charge is 0.251 e. The van der Waals surface area contributed by atoms with Crippen molar-refractivity contribution in [2.45, 2.75) is 12.8 Å². The number of carbonyl (C=O) groups excluding carboxylic acids is 1. The van der Waals surface area contributed by atoms with Crippen LogP contribution in [0, 0.1) is 11.3 Å². The molecule has 4 heteroatoms. The first-order valence-corrected chi connectivity index (χ1v) is 5.13. The number of carbonyl (C=O) groups is 1. The predicted octanol–water partition coefficient (Wildman–Crippen LogP) is 0.865. The van der Waals surface area contributed by atoms with Gasteiger partial charge < -0.3 is 10.4 Å². The molecule has 2 N–H and O–H groups in total. The van der Waals surface area contributed by atoms with E-state index < -0.39 is 0 Å². The fourth-order valence-corrected chi connectivity index (χ4v) is 1.36. The Morgan fingerprint density at radius 2 is 2.19 bits per heavy atom. The molecule has 0 radical (unpaired) electrons. The predicted molar refractivity (Wildman–Crippen MR) is 59.8 cm³/mol. The summed E-state index contributed by atoms with van der Waals surface area (Å²) in [6.07, 6.45) is 0.760. The number of amides is 1. The minimum Gasteiger partial charge on any atom is -0.396 e. The molecule has 1 amide bonds. The SMILES string of the molecule is N#CCc1ccccc1C(=O)NCCCO. The maximum Gasteiger partial charge on any atom is 0.251 e. The molecule has 1 aromatic rings. The van der Waals surface area contributed by atoms with Gasteiger partial charge in [0.05, 0.1) is 12.5 Å². The van der Waals surface area contributed by atoms with Gasteiger partial charge in [0.2, 0.25) is 0 Å². The molecular weight excluding hydrogens is 204 g/mol. The quantitative estimate of drug-likeness (QED) is 0.720. The fraction of sp³-hybridized carbons (Fsp3) is 0.333. The maximum absolute atomic E-state index is 11.7. The first kappa shape index (κ1) is 12.2. The van der Waals surface area contributed by atoms with Crippen molar-refractivity contribution in [2.75, 3.05) is 13.2 Å². The van der Waals surface area contributed by atoms with E-state index in [1.807, 2.05) is 6.07 Å². The molecule has 16 heavy (non-hydrogen) atoms. The highest BCUT2D eigenvalue weighted by molar-refractivity contribution is 5.95. The van der Waals surface area contributed by atoms with E-state index in [0.29, 0.717) is 18.5 Å². The summed E-state index contributed by atoms with van der Waals surface area (Å²) in [5.41, 5.74) is 1.26. The van der Waals surface area contributed by atoms with Gasteiger partial charge in [-0.3, -0.25) is 4.79 Å². The normalized spacial score (nSPS) is 9.50. The van der Waals surface area contributed by atoms with Crippen molar-refractivity contribution < 1.29 is 9.90 Å². The molecule has 0 unspecified atom stereocenters. The average Bonchev–Trinajstić information content (AvgIpc) is 2.30. The van der Waals surface area contributed by atoms with Gasteiger partial charge in [-0.25, -0.2) is 0 Å². The van der Waals surface area contributed by atoms with E-state index in [9.17, 15) is 4.79 Å². The number of aliphatic hydroxyl groups is 1. The summed E-state index contributed by atoms with van der Waals surface area (Å²) < 4.78 is 0. The summed E-state index contributed by atoms with van der Waals surface area (Å²) in [5, 5.41) is 19.9. The van der Waals surface area contributed by atoms with Crippen LogP contribution in [0.4, 0.5) is 0 Å². The zero-order chi connectivity index (χ0) is 11.8. The van der Waals surface area contributed by atoms with Gasteiger partial charge >= 0.3 is 0 Å². The highest BCUT2D eigenvalue weighted by Crippen LogP contribution is 2.08. The Morgan fingerprint density at radius 1 is 1.44 bits per heavy atom. The van der Waals surface area contributed by atoms with E-state index in [2.05, 4.69) is 5.32 Å². The summed E-state index contributed by atoms with van der Waals surface area (Å²) in [4.78, 5) is 11.7. The number of nitriles is 1. The van der Waals surface area contributed by atoms with Gasteiger partial charge in [0, 0.05) is 18.7 Å². The highest BCUT2D eigenvalue weighted by atomic mass is 16.3. The van der Waals surface area contributed by atoms with E-state index in [1.54, 1.807) is 24.3 Å². The molecule has 0 aliphatic carbocycles. The zero-order valence-corrected chi connectivity index (χ0v) is 8.94. The summed E-state index contributed by atoms with van der Waals surface area (Å²) >= 11 is 0. The van der Waals surface area contributed by atoms with Crippen LogP contribution < -0.4 is 5.32 Å². The molecule has 1 rings (SSSR count). The van der Waals surface area contributed by atoms with E-state index in [0.717, 1.165) is 5.56 Å². The van der Waals surface area contributed by atoms with Gasteiger partial charge in [-0.2, -0.15) is 5.26 Å². The van der Waals surface area contributed by atoms with E-state index >= 15 is 0 Å². The van der Waals surface area contributed by atoms with Crippen molar-refractivity contribution >= 4 is 5.91 Å². The third-order valence-corrected chi connectivity index (χ3v) is 2.15. The zero-order valence-electron chi connectivity index (χ0n) is 8.94. The van der Waals surface area contributed by atoms with Crippen LogP contribution in [0.5, 0.6) is 0 Å². The molecule has 0 saturated heterocycles. The van der Waals surface area contributed by atoms with Gasteiger partial charge in [-0.1, -0.05) is 18.2 Å². The molecular formula is C12H14N2O2. The van der Waals surface area contributed by atoms with Crippen LogP contribution in [0.2, 0.25) is 0 Å². The van der Waals surface area contributed by atoms with Gasteiger partial charge in [0.15, 0.2) is 0 Å². The van der Waals surface area contributed by atoms with E-state index in [-0.39, 0.29) is 18.9 Å². The molecule has 84 valence electrons. The second-order valence-corrected chi connectivity index (χ2v) is 3.33. The first-order valence-electron chi connectivity index (χ1n) is 5.13. The Balaban J connectivity index is 2.71. The van der Waals surface area contributed by atoms with Gasteiger partial charge in [-0.05, 0) is 18.1 Å². The maximum atomic E-state index is 11.7. The molecule has 0 aliphatic rings.